The highest BCUT2D eigenvalue weighted by Crippen LogP contribution is 2.36. The van der Waals surface area contributed by atoms with Crippen LogP contribution in [0.15, 0.2) is 0 Å². The van der Waals surface area contributed by atoms with Crippen LogP contribution in [0.4, 0.5) is 0 Å². The Hall–Kier alpha value is -0.870. The van der Waals surface area contributed by atoms with Crippen LogP contribution >= 0.6 is 0 Å². The van der Waals surface area contributed by atoms with Gasteiger partial charge in [-0.2, -0.15) is 5.10 Å². The van der Waals surface area contributed by atoms with Crippen molar-refractivity contribution in [3.63, 3.8) is 0 Å². The summed E-state index contributed by atoms with van der Waals surface area (Å²) in [6.45, 7) is 7.57. The van der Waals surface area contributed by atoms with Crippen LogP contribution in [-0.2, 0) is 7.05 Å². The average molecular weight is 264 g/mol. The van der Waals surface area contributed by atoms with Crippen LogP contribution in [0, 0.1) is 13.8 Å². The van der Waals surface area contributed by atoms with Gasteiger partial charge >= 0.3 is 0 Å². The van der Waals surface area contributed by atoms with Crippen LogP contribution in [0.3, 0.4) is 0 Å². The van der Waals surface area contributed by atoms with E-state index in [1.54, 1.807) is 0 Å². The molecule has 0 saturated heterocycles. The van der Waals surface area contributed by atoms with Crippen LogP contribution < -0.4 is 5.32 Å². The van der Waals surface area contributed by atoms with E-state index in [1.165, 1.54) is 30.5 Å². The Bertz CT molecular complexity index is 443. The van der Waals surface area contributed by atoms with Gasteiger partial charge in [-0.05, 0) is 54.1 Å². The number of likely N-dealkylation sites (N-methyl/N-ethyl adjacent to an activating group) is 1. The van der Waals surface area contributed by atoms with Gasteiger partial charge in [-0.25, -0.2) is 0 Å². The zero-order chi connectivity index (χ0) is 14.2. The highest BCUT2D eigenvalue weighted by atomic mass is 15.3. The molecule has 0 amide bonds. The third kappa shape index (κ3) is 2.56. The van der Waals surface area contributed by atoms with E-state index in [9.17, 15) is 0 Å². The molecule has 19 heavy (non-hydrogen) atoms. The summed E-state index contributed by atoms with van der Waals surface area (Å²) in [7, 11) is 6.42. The van der Waals surface area contributed by atoms with Crippen molar-refractivity contribution in [3.05, 3.63) is 17.0 Å². The molecule has 1 unspecified atom stereocenters. The third-order valence-corrected chi connectivity index (χ3v) is 4.97. The van der Waals surface area contributed by atoms with Crippen molar-refractivity contribution in [2.45, 2.75) is 51.6 Å². The lowest BCUT2D eigenvalue weighted by molar-refractivity contribution is 0.0576. The summed E-state index contributed by atoms with van der Waals surface area (Å²) in [6.07, 6.45) is 3.98. The number of hydrogen-bond donors (Lipinski definition) is 1. The molecule has 108 valence electrons. The maximum absolute atomic E-state index is 4.51. The molecule has 0 bridgehead atoms. The Morgan fingerprint density at radius 3 is 2.37 bits per heavy atom. The van der Waals surface area contributed by atoms with E-state index < -0.39 is 0 Å². The first-order valence-corrected chi connectivity index (χ1v) is 7.28. The highest BCUT2D eigenvalue weighted by molar-refractivity contribution is 5.27. The Labute approximate surface area is 117 Å². The Morgan fingerprint density at radius 1 is 1.37 bits per heavy atom. The van der Waals surface area contributed by atoms with Gasteiger partial charge in [-0.3, -0.25) is 4.68 Å². The third-order valence-electron chi connectivity index (χ3n) is 4.97. The topological polar surface area (TPSA) is 33.1 Å². The maximum atomic E-state index is 4.51. The average Bonchev–Trinajstić information content (AvgIpc) is 2.50. The lowest BCUT2D eigenvalue weighted by Crippen LogP contribution is -2.56. The SMILES string of the molecule is Cc1nn(C)c(C)c1C(C)NCC1(N(C)C)CCC1. The summed E-state index contributed by atoms with van der Waals surface area (Å²) < 4.78 is 1.98. The molecule has 1 fully saturated rings. The van der Waals surface area contributed by atoms with Gasteiger partial charge in [0.1, 0.15) is 0 Å². The number of aryl methyl sites for hydroxylation is 2. The molecule has 4 heteroatoms. The molecule has 1 atom stereocenters. The van der Waals surface area contributed by atoms with Gasteiger partial charge in [0.05, 0.1) is 5.69 Å². The Balaban J connectivity index is 2.03. The van der Waals surface area contributed by atoms with Crippen molar-refractivity contribution < 1.29 is 0 Å². The molecule has 1 aliphatic carbocycles. The molecule has 0 radical (unpaired) electrons. The predicted molar refractivity (Wildman–Crippen MR) is 79.4 cm³/mol. The molecular weight excluding hydrogens is 236 g/mol. The van der Waals surface area contributed by atoms with E-state index in [4.69, 9.17) is 0 Å². The first-order chi connectivity index (χ1) is 8.87. The van der Waals surface area contributed by atoms with Crippen molar-refractivity contribution in [1.29, 1.82) is 0 Å². The largest absolute Gasteiger partial charge is 0.308 e. The Kier molecular flexibility index (Phi) is 4.02. The maximum Gasteiger partial charge on any atom is 0.0644 e. The number of hydrogen-bond acceptors (Lipinski definition) is 3. The van der Waals surface area contributed by atoms with Gasteiger partial charge in [0.15, 0.2) is 0 Å². The van der Waals surface area contributed by atoms with Gasteiger partial charge in [-0.15, -0.1) is 0 Å². The zero-order valence-electron chi connectivity index (χ0n) is 13.2. The second kappa shape index (κ2) is 5.25. The molecule has 1 N–H and O–H groups in total. The van der Waals surface area contributed by atoms with E-state index in [1.807, 2.05) is 11.7 Å². The fraction of sp³-hybridized carbons (Fsp3) is 0.800. The molecular formula is C15H28N4. The first-order valence-electron chi connectivity index (χ1n) is 7.28. The summed E-state index contributed by atoms with van der Waals surface area (Å²) in [5.74, 6) is 0. The van der Waals surface area contributed by atoms with Gasteiger partial charge in [-0.1, -0.05) is 0 Å². The summed E-state index contributed by atoms with van der Waals surface area (Å²) >= 11 is 0. The van der Waals surface area contributed by atoms with E-state index in [0.29, 0.717) is 11.6 Å². The van der Waals surface area contributed by atoms with Gasteiger partial charge in [0.25, 0.3) is 0 Å². The molecule has 1 heterocycles. The standard InChI is InChI=1S/C15H28N4/c1-11(14-12(2)17-19(6)13(14)3)16-10-15(18(4)5)8-7-9-15/h11,16H,7-10H2,1-6H3. The van der Waals surface area contributed by atoms with Crippen molar-refractivity contribution in [1.82, 2.24) is 20.0 Å². The van der Waals surface area contributed by atoms with Crippen LogP contribution in [0.2, 0.25) is 0 Å². The van der Waals surface area contributed by atoms with E-state index in [0.717, 1.165) is 12.2 Å². The molecule has 1 aromatic heterocycles. The summed E-state index contributed by atoms with van der Waals surface area (Å²) in [5.41, 5.74) is 4.14. The summed E-state index contributed by atoms with van der Waals surface area (Å²) in [5, 5.41) is 8.23. The van der Waals surface area contributed by atoms with Crippen LogP contribution in [0.1, 0.15) is 49.2 Å². The predicted octanol–water partition coefficient (Wildman–Crippen LogP) is 2.17. The van der Waals surface area contributed by atoms with E-state index in [-0.39, 0.29) is 0 Å². The van der Waals surface area contributed by atoms with Gasteiger partial charge < -0.3 is 10.2 Å². The van der Waals surface area contributed by atoms with E-state index >= 15 is 0 Å². The second-order valence-electron chi connectivity index (χ2n) is 6.28. The second-order valence-corrected chi connectivity index (χ2v) is 6.28. The van der Waals surface area contributed by atoms with E-state index in [2.05, 4.69) is 50.2 Å². The fourth-order valence-electron chi connectivity index (χ4n) is 3.23. The molecule has 1 aromatic rings. The molecule has 1 aliphatic rings. The van der Waals surface area contributed by atoms with Crippen molar-refractivity contribution in [2.75, 3.05) is 20.6 Å². The highest BCUT2D eigenvalue weighted by Gasteiger charge is 2.39. The van der Waals surface area contributed by atoms with Gasteiger partial charge in [0.2, 0.25) is 0 Å². The molecule has 1 saturated carbocycles. The number of aromatic nitrogens is 2. The minimum absolute atomic E-state index is 0.367. The van der Waals surface area contributed by atoms with Crippen LogP contribution in [0.25, 0.3) is 0 Å². The molecule has 0 aromatic carbocycles. The number of rotatable bonds is 5. The van der Waals surface area contributed by atoms with Crippen LogP contribution in [-0.4, -0.2) is 40.9 Å². The smallest absolute Gasteiger partial charge is 0.0644 e. The number of nitrogens with zero attached hydrogens (tertiary/aromatic N) is 3. The quantitative estimate of drug-likeness (QED) is 0.885. The Morgan fingerprint density at radius 2 is 2.00 bits per heavy atom. The molecule has 0 aliphatic heterocycles. The fourth-order valence-corrected chi connectivity index (χ4v) is 3.23. The van der Waals surface area contributed by atoms with Crippen LogP contribution in [0.5, 0.6) is 0 Å². The molecule has 0 spiro atoms. The summed E-state index contributed by atoms with van der Waals surface area (Å²) in [4.78, 5) is 2.39. The zero-order valence-corrected chi connectivity index (χ0v) is 13.2. The molecule has 2 rings (SSSR count). The van der Waals surface area contributed by atoms with Crippen molar-refractivity contribution >= 4 is 0 Å². The minimum atomic E-state index is 0.367. The first kappa shape index (κ1) is 14.5. The lowest BCUT2D eigenvalue weighted by atomic mass is 9.75. The minimum Gasteiger partial charge on any atom is -0.308 e. The normalized spacial score (nSPS) is 19.5. The summed E-state index contributed by atoms with van der Waals surface area (Å²) in [6, 6.07) is 0.367. The van der Waals surface area contributed by atoms with Gasteiger partial charge in [0, 0.05) is 36.4 Å². The molecule has 4 nitrogen and oxygen atoms in total. The van der Waals surface area contributed by atoms with Crippen molar-refractivity contribution in [2.24, 2.45) is 7.05 Å². The number of nitrogens with one attached hydrogen (secondary N) is 1. The monoisotopic (exact) mass is 264 g/mol. The lowest BCUT2D eigenvalue weighted by Gasteiger charge is -2.48. The van der Waals surface area contributed by atoms with Crippen molar-refractivity contribution in [3.8, 4) is 0 Å².